The summed E-state index contributed by atoms with van der Waals surface area (Å²) in [6.45, 7) is 0. The Balaban J connectivity index is 1.62. The fraction of sp³-hybridized carbons (Fsp3) is 0.286. The Bertz CT molecular complexity index is 559. The predicted molar refractivity (Wildman–Crippen MR) is 66.7 cm³/mol. The summed E-state index contributed by atoms with van der Waals surface area (Å²) in [7, 11) is 0. The Morgan fingerprint density at radius 3 is 2.94 bits per heavy atom. The number of carbonyl (C=O) groups is 1. The van der Waals surface area contributed by atoms with Gasteiger partial charge in [-0.1, -0.05) is 6.07 Å². The highest BCUT2D eigenvalue weighted by molar-refractivity contribution is 5.98. The number of nitrogens with one attached hydrogen (secondary N) is 1. The summed E-state index contributed by atoms with van der Waals surface area (Å²) < 4.78 is 13.0. The van der Waals surface area contributed by atoms with E-state index in [2.05, 4.69) is 10.3 Å². The van der Waals surface area contributed by atoms with Crippen molar-refractivity contribution in [2.24, 2.45) is 10.9 Å². The van der Waals surface area contributed by atoms with E-state index in [1.807, 2.05) is 0 Å². The Kier molecular flexibility index (Phi) is 2.70. The number of benzene rings is 1. The molecule has 1 saturated carbocycles. The zero-order valence-electron chi connectivity index (χ0n) is 9.82. The second-order valence-corrected chi connectivity index (χ2v) is 4.69. The summed E-state index contributed by atoms with van der Waals surface area (Å²) in [6.07, 6.45) is 4.83. The van der Waals surface area contributed by atoms with Gasteiger partial charge in [-0.25, -0.2) is 4.39 Å². The molecule has 1 N–H and O–H groups in total. The van der Waals surface area contributed by atoms with Crippen LogP contribution in [-0.2, 0) is 0 Å². The van der Waals surface area contributed by atoms with E-state index in [4.69, 9.17) is 0 Å². The smallest absolute Gasteiger partial charge is 0.255 e. The van der Waals surface area contributed by atoms with Crippen LogP contribution >= 0.6 is 0 Å². The van der Waals surface area contributed by atoms with Gasteiger partial charge in [0.15, 0.2) is 0 Å². The lowest BCUT2D eigenvalue weighted by Crippen LogP contribution is -2.23. The molecule has 1 aliphatic carbocycles. The van der Waals surface area contributed by atoms with Crippen LogP contribution in [0.2, 0.25) is 0 Å². The number of rotatable bonds is 3. The van der Waals surface area contributed by atoms with Crippen molar-refractivity contribution in [2.75, 3.05) is 0 Å². The number of halogens is 1. The summed E-state index contributed by atoms with van der Waals surface area (Å²) >= 11 is 0. The first-order chi connectivity index (χ1) is 8.72. The van der Waals surface area contributed by atoms with E-state index in [0.717, 1.165) is 11.4 Å². The van der Waals surface area contributed by atoms with Crippen molar-refractivity contribution >= 4 is 11.6 Å². The molecular weight excluding hydrogens is 231 g/mol. The van der Waals surface area contributed by atoms with E-state index in [1.165, 1.54) is 31.0 Å². The van der Waals surface area contributed by atoms with E-state index in [9.17, 15) is 9.18 Å². The van der Waals surface area contributed by atoms with Crippen LogP contribution in [0, 0.1) is 11.7 Å². The number of aliphatic imine (C=N–C) groups is 1. The highest BCUT2D eigenvalue weighted by atomic mass is 19.1. The standard InChI is InChI=1S/C14H13FN2O/c15-11-3-1-2-10(6-11)14(18)17-12-7-13(16-8-12)9-4-5-9/h1-3,6,8-9H,4-5,7H2,(H,17,18). The summed E-state index contributed by atoms with van der Waals surface area (Å²) in [5.74, 6) is -0.0733. The SMILES string of the molecule is O=C(NC1=CN=C(C2CC2)C1)c1cccc(F)c1. The topological polar surface area (TPSA) is 41.5 Å². The lowest BCUT2D eigenvalue weighted by Gasteiger charge is -2.06. The third-order valence-electron chi connectivity index (χ3n) is 3.17. The molecule has 0 unspecified atom stereocenters. The van der Waals surface area contributed by atoms with Crippen LogP contribution < -0.4 is 5.32 Å². The summed E-state index contributed by atoms with van der Waals surface area (Å²) in [5, 5.41) is 2.78. The maximum Gasteiger partial charge on any atom is 0.255 e. The van der Waals surface area contributed by atoms with Gasteiger partial charge in [0.25, 0.3) is 5.91 Å². The molecule has 92 valence electrons. The molecule has 1 aliphatic heterocycles. The quantitative estimate of drug-likeness (QED) is 0.872. The minimum atomic E-state index is -0.405. The number of nitrogens with zero attached hydrogens (tertiary/aromatic N) is 1. The van der Waals surface area contributed by atoms with Crippen LogP contribution in [-0.4, -0.2) is 11.6 Å². The van der Waals surface area contributed by atoms with Gasteiger partial charge in [-0.3, -0.25) is 9.79 Å². The monoisotopic (exact) mass is 244 g/mol. The largest absolute Gasteiger partial charge is 0.324 e. The number of hydrogen-bond acceptors (Lipinski definition) is 2. The van der Waals surface area contributed by atoms with Crippen molar-refractivity contribution in [3.05, 3.63) is 47.5 Å². The minimum Gasteiger partial charge on any atom is -0.324 e. The molecule has 0 bridgehead atoms. The Hall–Kier alpha value is -1.97. The van der Waals surface area contributed by atoms with Crippen LogP contribution in [0.5, 0.6) is 0 Å². The molecule has 0 aromatic heterocycles. The van der Waals surface area contributed by atoms with Gasteiger partial charge >= 0.3 is 0 Å². The molecule has 1 amide bonds. The molecule has 0 saturated heterocycles. The van der Waals surface area contributed by atoms with Gasteiger partial charge in [0.2, 0.25) is 0 Å². The first kappa shape index (κ1) is 11.1. The summed E-state index contributed by atoms with van der Waals surface area (Å²) in [6, 6.07) is 5.67. The predicted octanol–water partition coefficient (Wildman–Crippen LogP) is 2.65. The number of allylic oxidation sites excluding steroid dienone is 1. The van der Waals surface area contributed by atoms with Gasteiger partial charge in [0.1, 0.15) is 5.82 Å². The Morgan fingerprint density at radius 2 is 2.22 bits per heavy atom. The van der Waals surface area contributed by atoms with E-state index in [1.54, 1.807) is 12.3 Å². The van der Waals surface area contributed by atoms with Crippen molar-refractivity contribution in [3.8, 4) is 0 Å². The van der Waals surface area contributed by atoms with Gasteiger partial charge in [-0.15, -0.1) is 0 Å². The van der Waals surface area contributed by atoms with Gasteiger partial charge in [0, 0.05) is 29.6 Å². The van der Waals surface area contributed by atoms with Crippen molar-refractivity contribution in [1.29, 1.82) is 0 Å². The zero-order valence-corrected chi connectivity index (χ0v) is 9.82. The molecule has 2 aliphatic rings. The average molecular weight is 244 g/mol. The number of hydrogen-bond donors (Lipinski definition) is 1. The second-order valence-electron chi connectivity index (χ2n) is 4.69. The lowest BCUT2D eigenvalue weighted by atomic mass is 10.1. The number of carbonyl (C=O) groups excluding carboxylic acids is 1. The van der Waals surface area contributed by atoms with Crippen molar-refractivity contribution < 1.29 is 9.18 Å². The molecule has 3 nitrogen and oxygen atoms in total. The average Bonchev–Trinajstić information content (AvgIpc) is 3.11. The van der Waals surface area contributed by atoms with E-state index in [-0.39, 0.29) is 5.91 Å². The molecule has 4 heteroatoms. The lowest BCUT2D eigenvalue weighted by molar-refractivity contribution is 0.0965. The fourth-order valence-corrected chi connectivity index (χ4v) is 2.04. The fourth-order valence-electron chi connectivity index (χ4n) is 2.04. The van der Waals surface area contributed by atoms with E-state index >= 15 is 0 Å². The maximum atomic E-state index is 13.0. The van der Waals surface area contributed by atoms with Crippen molar-refractivity contribution in [1.82, 2.24) is 5.32 Å². The van der Waals surface area contributed by atoms with Crippen molar-refractivity contribution in [3.63, 3.8) is 0 Å². The molecular formula is C14H13FN2O. The van der Waals surface area contributed by atoms with E-state index in [0.29, 0.717) is 17.9 Å². The van der Waals surface area contributed by atoms with Crippen LogP contribution in [0.4, 0.5) is 4.39 Å². The molecule has 0 atom stereocenters. The van der Waals surface area contributed by atoms with Crippen LogP contribution in [0.3, 0.4) is 0 Å². The highest BCUT2D eigenvalue weighted by Gasteiger charge is 2.29. The van der Waals surface area contributed by atoms with Gasteiger partial charge in [-0.05, 0) is 37.0 Å². The second kappa shape index (κ2) is 4.37. The minimum absolute atomic E-state index is 0.284. The molecule has 0 radical (unpaired) electrons. The summed E-state index contributed by atoms with van der Waals surface area (Å²) in [5.41, 5.74) is 2.28. The van der Waals surface area contributed by atoms with Crippen LogP contribution in [0.1, 0.15) is 29.6 Å². The third-order valence-corrected chi connectivity index (χ3v) is 3.17. The first-order valence-corrected chi connectivity index (χ1v) is 6.05. The van der Waals surface area contributed by atoms with Gasteiger partial charge in [0.05, 0.1) is 0 Å². The molecule has 18 heavy (non-hydrogen) atoms. The normalized spacial score (nSPS) is 18.3. The van der Waals surface area contributed by atoms with Gasteiger partial charge < -0.3 is 5.32 Å². The van der Waals surface area contributed by atoms with Gasteiger partial charge in [-0.2, -0.15) is 0 Å². The Labute approximate surface area is 104 Å². The molecule has 0 spiro atoms. The van der Waals surface area contributed by atoms with Crippen LogP contribution in [0.25, 0.3) is 0 Å². The number of amides is 1. The molecule has 1 aromatic rings. The van der Waals surface area contributed by atoms with Crippen LogP contribution in [0.15, 0.2) is 41.2 Å². The summed E-state index contributed by atoms with van der Waals surface area (Å²) in [4.78, 5) is 16.2. The molecule has 1 heterocycles. The third kappa shape index (κ3) is 2.32. The zero-order chi connectivity index (χ0) is 12.5. The maximum absolute atomic E-state index is 13.0. The van der Waals surface area contributed by atoms with E-state index < -0.39 is 5.82 Å². The molecule has 3 rings (SSSR count). The molecule has 1 fully saturated rings. The first-order valence-electron chi connectivity index (χ1n) is 6.05. The Morgan fingerprint density at radius 1 is 1.39 bits per heavy atom. The highest BCUT2D eigenvalue weighted by Crippen LogP contribution is 2.34. The molecule has 1 aromatic carbocycles. The van der Waals surface area contributed by atoms with Crippen molar-refractivity contribution in [2.45, 2.75) is 19.3 Å².